The van der Waals surface area contributed by atoms with E-state index < -0.39 is 0 Å². The third-order valence-electron chi connectivity index (χ3n) is 4.89. The van der Waals surface area contributed by atoms with Crippen molar-refractivity contribution in [3.8, 4) is 0 Å². The Hall–Kier alpha value is -2.62. The fraction of sp³-hybridized carbons (Fsp3) is 0.364. The third kappa shape index (κ3) is 4.51. The Balaban J connectivity index is 1.36. The highest BCUT2D eigenvalue weighted by molar-refractivity contribution is 5.78. The molecular formula is C22H27N3O. The number of carbonyl (C=O) groups excluding carboxylic acids is 1. The van der Waals surface area contributed by atoms with E-state index in [9.17, 15) is 4.79 Å². The standard InChI is InChI=1S/C22H27N3O/c1-17-10-5-6-11-18(17)16-22(26)23-15-9-3-4-14-21-24-19-12-7-8-13-20(19)25(21)2/h5-8,10-13H,3-4,9,14-16H2,1-2H3,(H,23,26). The van der Waals surface area contributed by atoms with Crippen molar-refractivity contribution in [2.75, 3.05) is 6.54 Å². The molecule has 0 bridgehead atoms. The van der Waals surface area contributed by atoms with Crippen molar-refractivity contribution in [1.82, 2.24) is 14.9 Å². The molecule has 0 atom stereocenters. The quantitative estimate of drug-likeness (QED) is 0.626. The molecule has 26 heavy (non-hydrogen) atoms. The highest BCUT2D eigenvalue weighted by Crippen LogP contribution is 2.16. The molecule has 3 rings (SSSR count). The predicted octanol–water partition coefficient (Wildman–Crippen LogP) is 3.95. The van der Waals surface area contributed by atoms with Gasteiger partial charge in [0.05, 0.1) is 17.5 Å². The molecule has 0 unspecified atom stereocenters. The van der Waals surface area contributed by atoms with Crippen molar-refractivity contribution in [2.24, 2.45) is 7.05 Å². The van der Waals surface area contributed by atoms with Gasteiger partial charge in [-0.25, -0.2) is 4.98 Å². The van der Waals surface area contributed by atoms with Crippen LogP contribution in [0.3, 0.4) is 0 Å². The Morgan fingerprint density at radius 3 is 2.62 bits per heavy atom. The second kappa shape index (κ2) is 8.65. The molecule has 0 fully saturated rings. The lowest BCUT2D eigenvalue weighted by Crippen LogP contribution is -2.26. The SMILES string of the molecule is Cc1ccccc1CC(=O)NCCCCCc1nc2ccccc2n1C. The van der Waals surface area contributed by atoms with Crippen LogP contribution in [0.5, 0.6) is 0 Å². The maximum atomic E-state index is 12.0. The van der Waals surface area contributed by atoms with Crippen LogP contribution in [0.1, 0.15) is 36.2 Å². The summed E-state index contributed by atoms with van der Waals surface area (Å²) in [4.78, 5) is 16.7. The molecule has 0 saturated carbocycles. The van der Waals surface area contributed by atoms with Crippen LogP contribution in [-0.2, 0) is 24.7 Å². The molecule has 0 saturated heterocycles. The van der Waals surface area contributed by atoms with Gasteiger partial charge in [-0.15, -0.1) is 0 Å². The number of unbranched alkanes of at least 4 members (excludes halogenated alkanes) is 2. The van der Waals surface area contributed by atoms with Gasteiger partial charge in [-0.2, -0.15) is 0 Å². The smallest absolute Gasteiger partial charge is 0.224 e. The third-order valence-corrected chi connectivity index (χ3v) is 4.89. The number of nitrogens with one attached hydrogen (secondary N) is 1. The maximum Gasteiger partial charge on any atom is 0.224 e. The molecule has 0 aliphatic heterocycles. The molecule has 4 heteroatoms. The number of fused-ring (bicyclic) bond motifs is 1. The summed E-state index contributed by atoms with van der Waals surface area (Å²) in [5.74, 6) is 1.24. The molecule has 0 spiro atoms. The first kappa shape index (κ1) is 18.2. The first-order valence-corrected chi connectivity index (χ1v) is 9.36. The molecule has 0 aliphatic rings. The van der Waals surface area contributed by atoms with Gasteiger partial charge in [0.25, 0.3) is 0 Å². The van der Waals surface area contributed by atoms with Crippen molar-refractivity contribution in [3.63, 3.8) is 0 Å². The van der Waals surface area contributed by atoms with Crippen molar-refractivity contribution in [2.45, 2.75) is 39.0 Å². The number of nitrogens with zero attached hydrogens (tertiary/aromatic N) is 2. The largest absolute Gasteiger partial charge is 0.356 e. The first-order valence-electron chi connectivity index (χ1n) is 9.36. The van der Waals surface area contributed by atoms with Gasteiger partial charge in [-0.3, -0.25) is 4.79 Å². The van der Waals surface area contributed by atoms with E-state index in [1.54, 1.807) is 0 Å². The molecule has 1 amide bonds. The topological polar surface area (TPSA) is 46.9 Å². The molecule has 136 valence electrons. The summed E-state index contributed by atoms with van der Waals surface area (Å²) in [5.41, 5.74) is 4.52. The van der Waals surface area contributed by atoms with Crippen LogP contribution in [0.2, 0.25) is 0 Å². The summed E-state index contributed by atoms with van der Waals surface area (Å²) in [6.45, 7) is 2.79. The second-order valence-electron chi connectivity index (χ2n) is 6.84. The first-order chi connectivity index (χ1) is 12.6. The monoisotopic (exact) mass is 349 g/mol. The summed E-state index contributed by atoms with van der Waals surface area (Å²) in [6, 6.07) is 16.3. The van der Waals surface area contributed by atoms with E-state index in [0.717, 1.165) is 49.1 Å². The van der Waals surface area contributed by atoms with Crippen LogP contribution in [-0.4, -0.2) is 22.0 Å². The average Bonchev–Trinajstić information content (AvgIpc) is 2.96. The minimum atomic E-state index is 0.106. The number of aromatic nitrogens is 2. The van der Waals surface area contributed by atoms with E-state index in [0.29, 0.717) is 6.42 Å². The zero-order chi connectivity index (χ0) is 18.4. The van der Waals surface area contributed by atoms with Gasteiger partial charge in [-0.05, 0) is 43.0 Å². The Kier molecular flexibility index (Phi) is 6.05. The molecule has 3 aromatic rings. The molecule has 1 N–H and O–H groups in total. The number of hydrogen-bond acceptors (Lipinski definition) is 2. The zero-order valence-electron chi connectivity index (χ0n) is 15.7. The van der Waals surface area contributed by atoms with Gasteiger partial charge in [0.15, 0.2) is 0 Å². The average molecular weight is 349 g/mol. The summed E-state index contributed by atoms with van der Waals surface area (Å²) < 4.78 is 2.18. The van der Waals surface area contributed by atoms with E-state index in [-0.39, 0.29) is 5.91 Å². The number of hydrogen-bond donors (Lipinski definition) is 1. The van der Waals surface area contributed by atoms with Gasteiger partial charge in [0.2, 0.25) is 5.91 Å². The van der Waals surface area contributed by atoms with E-state index in [2.05, 4.69) is 29.1 Å². The lowest BCUT2D eigenvalue weighted by molar-refractivity contribution is -0.120. The molecule has 2 aromatic carbocycles. The number of carbonyl (C=O) groups is 1. The fourth-order valence-electron chi connectivity index (χ4n) is 3.28. The summed E-state index contributed by atoms with van der Waals surface area (Å²) in [7, 11) is 2.08. The number of benzene rings is 2. The normalized spacial score (nSPS) is 11.0. The molecular weight excluding hydrogens is 322 g/mol. The highest BCUT2D eigenvalue weighted by Gasteiger charge is 2.07. The highest BCUT2D eigenvalue weighted by atomic mass is 16.1. The molecule has 1 aromatic heterocycles. The van der Waals surface area contributed by atoms with Gasteiger partial charge >= 0.3 is 0 Å². The van der Waals surface area contributed by atoms with Gasteiger partial charge < -0.3 is 9.88 Å². The second-order valence-corrected chi connectivity index (χ2v) is 6.84. The van der Waals surface area contributed by atoms with Crippen LogP contribution in [0.4, 0.5) is 0 Å². The Morgan fingerprint density at radius 2 is 1.81 bits per heavy atom. The van der Waals surface area contributed by atoms with Gasteiger partial charge in [0.1, 0.15) is 5.82 Å². The van der Waals surface area contributed by atoms with Crippen molar-refractivity contribution in [3.05, 3.63) is 65.5 Å². The van der Waals surface area contributed by atoms with Crippen LogP contribution >= 0.6 is 0 Å². The van der Waals surface area contributed by atoms with Gasteiger partial charge in [0, 0.05) is 20.0 Å². The van der Waals surface area contributed by atoms with Crippen molar-refractivity contribution in [1.29, 1.82) is 0 Å². The lowest BCUT2D eigenvalue weighted by Gasteiger charge is -2.07. The van der Waals surface area contributed by atoms with E-state index in [1.165, 1.54) is 11.1 Å². The van der Waals surface area contributed by atoms with Crippen molar-refractivity contribution < 1.29 is 4.79 Å². The molecule has 1 heterocycles. The van der Waals surface area contributed by atoms with Crippen LogP contribution in [0.15, 0.2) is 48.5 Å². The number of rotatable bonds is 8. The Labute approximate surface area is 155 Å². The maximum absolute atomic E-state index is 12.0. The molecule has 0 radical (unpaired) electrons. The Morgan fingerprint density at radius 1 is 1.04 bits per heavy atom. The van der Waals surface area contributed by atoms with Crippen molar-refractivity contribution >= 4 is 16.9 Å². The summed E-state index contributed by atoms with van der Waals surface area (Å²) in [5, 5.41) is 3.03. The van der Waals surface area contributed by atoms with Gasteiger partial charge in [-0.1, -0.05) is 42.8 Å². The molecule has 4 nitrogen and oxygen atoms in total. The number of para-hydroxylation sites is 2. The minimum absolute atomic E-state index is 0.106. The molecule has 0 aliphatic carbocycles. The van der Waals surface area contributed by atoms with Crippen LogP contribution in [0, 0.1) is 6.92 Å². The summed E-state index contributed by atoms with van der Waals surface area (Å²) in [6.07, 6.45) is 4.62. The number of imidazole rings is 1. The minimum Gasteiger partial charge on any atom is -0.356 e. The zero-order valence-corrected chi connectivity index (χ0v) is 15.7. The lowest BCUT2D eigenvalue weighted by atomic mass is 10.1. The van der Waals surface area contributed by atoms with E-state index >= 15 is 0 Å². The van der Waals surface area contributed by atoms with E-state index in [4.69, 9.17) is 4.98 Å². The number of amides is 1. The van der Waals surface area contributed by atoms with Crippen LogP contribution < -0.4 is 5.32 Å². The number of aryl methyl sites for hydroxylation is 3. The fourth-order valence-corrected chi connectivity index (χ4v) is 3.28. The summed E-state index contributed by atoms with van der Waals surface area (Å²) >= 11 is 0. The van der Waals surface area contributed by atoms with E-state index in [1.807, 2.05) is 43.3 Å². The predicted molar refractivity (Wildman–Crippen MR) is 106 cm³/mol. The Bertz CT molecular complexity index is 882. The van der Waals surface area contributed by atoms with Crippen LogP contribution in [0.25, 0.3) is 11.0 Å².